The van der Waals surface area contributed by atoms with E-state index in [0.29, 0.717) is 12.1 Å². The number of rotatable bonds is 9. The Bertz CT molecular complexity index is 502. The number of unbranched alkanes of at least 4 members (excludes halogenated alkanes) is 2. The molecule has 6 heteroatoms. The number of aliphatic hydroxyl groups excluding tert-OH is 1. The summed E-state index contributed by atoms with van der Waals surface area (Å²) in [5.41, 5.74) is 1.80. The van der Waals surface area contributed by atoms with E-state index in [9.17, 15) is 8.42 Å². The SMILES string of the molecule is CCC(Nc1cccc(CCCCCO)c1)S(=O)(=O)O. The van der Waals surface area contributed by atoms with E-state index < -0.39 is 15.5 Å². The highest BCUT2D eigenvalue weighted by Gasteiger charge is 2.20. The zero-order valence-corrected chi connectivity index (χ0v) is 12.6. The summed E-state index contributed by atoms with van der Waals surface area (Å²) in [7, 11) is -4.09. The van der Waals surface area contributed by atoms with Gasteiger partial charge in [0.15, 0.2) is 5.37 Å². The molecule has 0 amide bonds. The van der Waals surface area contributed by atoms with E-state index in [2.05, 4.69) is 5.32 Å². The average molecular weight is 301 g/mol. The maximum absolute atomic E-state index is 11.2. The predicted molar refractivity (Wildman–Crippen MR) is 80.3 cm³/mol. The van der Waals surface area contributed by atoms with Gasteiger partial charge in [0.1, 0.15) is 0 Å². The van der Waals surface area contributed by atoms with Gasteiger partial charge in [0.05, 0.1) is 0 Å². The summed E-state index contributed by atoms with van der Waals surface area (Å²) in [5.74, 6) is 0. The van der Waals surface area contributed by atoms with Crippen LogP contribution in [0.25, 0.3) is 0 Å². The molecular formula is C14H23NO4S. The maximum atomic E-state index is 11.2. The van der Waals surface area contributed by atoms with Gasteiger partial charge in [-0.05, 0) is 43.4 Å². The Morgan fingerprint density at radius 2 is 2.00 bits per heavy atom. The van der Waals surface area contributed by atoms with Crippen LogP contribution in [0.15, 0.2) is 24.3 Å². The van der Waals surface area contributed by atoms with Crippen molar-refractivity contribution in [1.29, 1.82) is 0 Å². The molecule has 0 aliphatic carbocycles. The van der Waals surface area contributed by atoms with Crippen LogP contribution in [0.4, 0.5) is 5.69 Å². The number of benzene rings is 1. The largest absolute Gasteiger partial charge is 0.396 e. The third-order valence-electron chi connectivity index (χ3n) is 3.11. The molecule has 3 N–H and O–H groups in total. The molecule has 0 fully saturated rings. The van der Waals surface area contributed by atoms with Gasteiger partial charge >= 0.3 is 0 Å². The third kappa shape index (κ3) is 5.90. The van der Waals surface area contributed by atoms with E-state index in [1.165, 1.54) is 0 Å². The van der Waals surface area contributed by atoms with Crippen molar-refractivity contribution >= 4 is 15.8 Å². The van der Waals surface area contributed by atoms with Gasteiger partial charge in [0, 0.05) is 12.3 Å². The maximum Gasteiger partial charge on any atom is 0.286 e. The van der Waals surface area contributed by atoms with Crippen molar-refractivity contribution in [2.75, 3.05) is 11.9 Å². The smallest absolute Gasteiger partial charge is 0.286 e. The minimum Gasteiger partial charge on any atom is -0.396 e. The summed E-state index contributed by atoms with van der Waals surface area (Å²) in [4.78, 5) is 0. The monoisotopic (exact) mass is 301 g/mol. The van der Waals surface area contributed by atoms with Crippen molar-refractivity contribution in [2.45, 2.75) is 44.4 Å². The molecule has 0 heterocycles. The first kappa shape index (κ1) is 16.9. The van der Waals surface area contributed by atoms with Crippen LogP contribution >= 0.6 is 0 Å². The highest BCUT2D eigenvalue weighted by molar-refractivity contribution is 7.86. The molecule has 114 valence electrons. The van der Waals surface area contributed by atoms with E-state index in [-0.39, 0.29) is 6.61 Å². The Labute approximate surface area is 120 Å². The minimum absolute atomic E-state index is 0.216. The predicted octanol–water partition coefficient (Wildman–Crippen LogP) is 2.43. The molecule has 5 nitrogen and oxygen atoms in total. The zero-order chi connectivity index (χ0) is 15.0. The Morgan fingerprint density at radius 1 is 1.25 bits per heavy atom. The van der Waals surface area contributed by atoms with E-state index in [4.69, 9.17) is 9.66 Å². The van der Waals surface area contributed by atoms with Crippen molar-refractivity contribution in [1.82, 2.24) is 0 Å². The number of anilines is 1. The number of aryl methyl sites for hydroxylation is 1. The van der Waals surface area contributed by atoms with Gasteiger partial charge in [-0.3, -0.25) is 4.55 Å². The van der Waals surface area contributed by atoms with Gasteiger partial charge < -0.3 is 10.4 Å². The topological polar surface area (TPSA) is 86.6 Å². The first-order chi connectivity index (χ1) is 9.47. The standard InChI is InChI=1S/C14H23NO4S/c1-2-14(20(17,18)19)15-13-9-6-8-12(11-13)7-4-3-5-10-16/h6,8-9,11,14-16H,2-5,7,10H2,1H3,(H,17,18,19). The number of hydrogen-bond donors (Lipinski definition) is 3. The molecule has 1 aromatic carbocycles. The second kappa shape index (κ2) is 8.24. The average Bonchev–Trinajstić information content (AvgIpc) is 2.40. The molecule has 0 aromatic heterocycles. The van der Waals surface area contributed by atoms with E-state index in [1.54, 1.807) is 13.0 Å². The number of aliphatic hydroxyl groups is 1. The summed E-state index contributed by atoms with van der Waals surface area (Å²) in [6.07, 6.45) is 3.94. The summed E-state index contributed by atoms with van der Waals surface area (Å²) in [6, 6.07) is 7.52. The van der Waals surface area contributed by atoms with Crippen LogP contribution in [0.1, 0.15) is 38.2 Å². The lowest BCUT2D eigenvalue weighted by Crippen LogP contribution is -2.28. The second-order valence-electron chi connectivity index (χ2n) is 4.79. The molecule has 0 saturated heterocycles. The van der Waals surface area contributed by atoms with Crippen LogP contribution in [-0.4, -0.2) is 30.1 Å². The van der Waals surface area contributed by atoms with Crippen molar-refractivity contribution in [3.8, 4) is 0 Å². The Balaban J connectivity index is 2.63. The lowest BCUT2D eigenvalue weighted by molar-refractivity contribution is 0.283. The first-order valence-corrected chi connectivity index (χ1v) is 8.40. The van der Waals surface area contributed by atoms with Crippen LogP contribution < -0.4 is 5.32 Å². The highest BCUT2D eigenvalue weighted by atomic mass is 32.2. The van der Waals surface area contributed by atoms with E-state index in [0.717, 1.165) is 31.2 Å². The highest BCUT2D eigenvalue weighted by Crippen LogP contribution is 2.16. The fourth-order valence-electron chi connectivity index (χ4n) is 2.01. The molecule has 0 saturated carbocycles. The van der Waals surface area contributed by atoms with Crippen LogP contribution in [0, 0.1) is 0 Å². The fourth-order valence-corrected chi connectivity index (χ4v) is 2.71. The lowest BCUT2D eigenvalue weighted by atomic mass is 10.1. The Hall–Kier alpha value is -1.11. The second-order valence-corrected chi connectivity index (χ2v) is 6.39. The molecule has 0 spiro atoms. The minimum atomic E-state index is -4.09. The molecule has 20 heavy (non-hydrogen) atoms. The normalized spacial score (nSPS) is 13.2. The van der Waals surface area contributed by atoms with E-state index >= 15 is 0 Å². The van der Waals surface area contributed by atoms with Gasteiger partial charge in [-0.25, -0.2) is 0 Å². The molecule has 1 rings (SSSR count). The van der Waals surface area contributed by atoms with Crippen molar-refractivity contribution < 1.29 is 18.1 Å². The first-order valence-electron chi connectivity index (χ1n) is 6.90. The van der Waals surface area contributed by atoms with Crippen molar-refractivity contribution in [2.24, 2.45) is 0 Å². The quantitative estimate of drug-likeness (QED) is 0.482. The Kier molecular flexibility index (Phi) is 6.98. The van der Waals surface area contributed by atoms with Gasteiger partial charge in [0.25, 0.3) is 10.1 Å². The molecular weight excluding hydrogens is 278 g/mol. The van der Waals surface area contributed by atoms with Gasteiger partial charge in [-0.2, -0.15) is 8.42 Å². The lowest BCUT2D eigenvalue weighted by Gasteiger charge is -2.15. The van der Waals surface area contributed by atoms with Gasteiger partial charge in [-0.15, -0.1) is 0 Å². The van der Waals surface area contributed by atoms with Crippen molar-refractivity contribution in [3.63, 3.8) is 0 Å². The van der Waals surface area contributed by atoms with Crippen LogP contribution in [0.5, 0.6) is 0 Å². The van der Waals surface area contributed by atoms with Crippen LogP contribution in [0.2, 0.25) is 0 Å². The van der Waals surface area contributed by atoms with Gasteiger partial charge in [-0.1, -0.05) is 25.5 Å². The summed E-state index contributed by atoms with van der Waals surface area (Å²) < 4.78 is 31.4. The molecule has 1 aromatic rings. The van der Waals surface area contributed by atoms with Gasteiger partial charge in [0.2, 0.25) is 0 Å². The molecule has 1 atom stereocenters. The molecule has 1 unspecified atom stereocenters. The third-order valence-corrected chi connectivity index (χ3v) is 4.28. The van der Waals surface area contributed by atoms with Crippen LogP contribution in [0.3, 0.4) is 0 Å². The fraction of sp³-hybridized carbons (Fsp3) is 0.571. The van der Waals surface area contributed by atoms with Crippen LogP contribution in [-0.2, 0) is 16.5 Å². The van der Waals surface area contributed by atoms with E-state index in [1.807, 2.05) is 18.2 Å². The summed E-state index contributed by atoms with van der Waals surface area (Å²) in [5, 5.41) is 10.6. The van der Waals surface area contributed by atoms with Crippen molar-refractivity contribution in [3.05, 3.63) is 29.8 Å². The summed E-state index contributed by atoms with van der Waals surface area (Å²) >= 11 is 0. The number of hydrogen-bond acceptors (Lipinski definition) is 4. The molecule has 0 aliphatic rings. The molecule has 0 aliphatic heterocycles. The number of nitrogens with one attached hydrogen (secondary N) is 1. The summed E-state index contributed by atoms with van der Waals surface area (Å²) in [6.45, 7) is 1.91. The molecule has 0 radical (unpaired) electrons. The zero-order valence-electron chi connectivity index (χ0n) is 11.7. The Morgan fingerprint density at radius 3 is 2.60 bits per heavy atom. The molecule has 0 bridgehead atoms.